The van der Waals surface area contributed by atoms with Crippen molar-refractivity contribution in [2.75, 3.05) is 17.0 Å². The number of fused-ring (bicyclic) bond motifs is 1. The Kier molecular flexibility index (Phi) is 12.8. The number of anilines is 1. The van der Waals surface area contributed by atoms with Crippen molar-refractivity contribution < 1.29 is 36.7 Å². The van der Waals surface area contributed by atoms with Crippen LogP contribution in [0.1, 0.15) is 67.7 Å². The smallest absolute Gasteiger partial charge is 0.243 e. The lowest BCUT2D eigenvalue weighted by Crippen LogP contribution is -2.50. The average molecular weight is 880 g/mol. The molecule has 321 valence electrons. The van der Waals surface area contributed by atoms with E-state index in [0.29, 0.717) is 22.2 Å². The van der Waals surface area contributed by atoms with Gasteiger partial charge in [0.15, 0.2) is 13.1 Å². The third-order valence-electron chi connectivity index (χ3n) is 10.9. The molecular weight excluding hydrogens is 833 g/mol. The monoisotopic (exact) mass is 879 g/mol. The van der Waals surface area contributed by atoms with Crippen LogP contribution in [0.5, 0.6) is 0 Å². The average Bonchev–Trinajstić information content (AvgIpc) is 3.97. The number of amides is 2. The standard InChI is InChI=1S/C45H46BF2N6O6S2/c1-6-17-62(59,60)53-35-16-15-34(47)37(38(35)48)39(56)33-22-50-42-32(33)18-29(21-49-42)27-11-13-30(14-12-27)46-41(45(3,4)5)44(58)54-23-31(55)19-36(54)43(57)51-20-26-7-9-28(10-8-26)40-25(2)52-24-61-40/h7-16,18,21-22,24,31,36,41,53,55H,6,17,19-20,23H2,1-5H3,(H,49,50)(H,51,57)/t31-,36+,41-/m1/s1. The number of carbonyl (C=O) groups excluding carboxylic acids is 3. The molecule has 1 aliphatic rings. The first-order valence-electron chi connectivity index (χ1n) is 20.1. The largest absolute Gasteiger partial charge is 0.391 e. The number of aryl methyl sites for hydroxylation is 1. The van der Waals surface area contributed by atoms with E-state index in [4.69, 9.17) is 0 Å². The summed E-state index contributed by atoms with van der Waals surface area (Å²) in [5.41, 5.74) is 4.95. The number of pyridine rings is 1. The molecule has 0 unspecified atom stereocenters. The molecule has 1 fully saturated rings. The molecule has 3 atom stereocenters. The Morgan fingerprint density at radius 2 is 1.73 bits per heavy atom. The number of thiazole rings is 1. The molecule has 0 saturated carbocycles. The van der Waals surface area contributed by atoms with Crippen LogP contribution in [0.25, 0.3) is 32.6 Å². The number of benzene rings is 3. The van der Waals surface area contributed by atoms with Crippen molar-refractivity contribution in [2.24, 2.45) is 5.41 Å². The van der Waals surface area contributed by atoms with E-state index in [1.54, 1.807) is 36.0 Å². The van der Waals surface area contributed by atoms with Gasteiger partial charge in [-0.1, -0.05) is 81.7 Å². The topological polar surface area (TPSA) is 174 Å². The molecule has 12 nitrogen and oxygen atoms in total. The van der Waals surface area contributed by atoms with E-state index >= 15 is 8.78 Å². The maximum atomic E-state index is 15.6. The summed E-state index contributed by atoms with van der Waals surface area (Å²) in [5.74, 6) is -5.04. The fourth-order valence-corrected chi connectivity index (χ4v) is 9.57. The molecule has 4 heterocycles. The molecule has 7 rings (SSSR count). The second-order valence-electron chi connectivity index (χ2n) is 16.6. The number of aromatic nitrogens is 3. The van der Waals surface area contributed by atoms with Crippen molar-refractivity contribution in [3.05, 3.63) is 119 Å². The molecule has 2 amide bonds. The number of rotatable bonds is 14. The number of likely N-dealkylation sites (tertiary alicyclic amines) is 1. The maximum Gasteiger partial charge on any atom is 0.243 e. The van der Waals surface area contributed by atoms with Crippen LogP contribution in [-0.4, -0.2) is 82.7 Å². The number of hydrogen-bond donors (Lipinski definition) is 4. The molecule has 1 saturated heterocycles. The zero-order chi connectivity index (χ0) is 44.5. The van der Waals surface area contributed by atoms with Gasteiger partial charge in [-0.05, 0) is 53.6 Å². The van der Waals surface area contributed by atoms with Crippen LogP contribution in [-0.2, 0) is 26.2 Å². The predicted molar refractivity (Wildman–Crippen MR) is 238 cm³/mol. The first kappa shape index (κ1) is 44.3. The van der Waals surface area contributed by atoms with Gasteiger partial charge < -0.3 is 20.3 Å². The summed E-state index contributed by atoms with van der Waals surface area (Å²) < 4.78 is 57.4. The van der Waals surface area contributed by atoms with Crippen LogP contribution in [0.3, 0.4) is 0 Å². The SMILES string of the molecule is CCCS(=O)(=O)Nc1ccc(F)c(C(=O)c2c[nH]c3ncc(-c4ccc([B][C@H](C(=O)N5C[C@H](O)C[C@H]5C(=O)NCc5ccc(-c6scnc6C)cc5)C(C)(C)C)cc4)cc23)c1F. The first-order valence-corrected chi connectivity index (χ1v) is 22.7. The highest BCUT2D eigenvalue weighted by Gasteiger charge is 2.44. The van der Waals surface area contributed by atoms with E-state index in [1.807, 2.05) is 83.5 Å². The van der Waals surface area contributed by atoms with Crippen LogP contribution in [0.15, 0.2) is 84.6 Å². The van der Waals surface area contributed by atoms with Crippen LogP contribution < -0.4 is 15.5 Å². The van der Waals surface area contributed by atoms with Gasteiger partial charge in [-0.2, -0.15) is 0 Å². The van der Waals surface area contributed by atoms with Crippen LogP contribution >= 0.6 is 11.3 Å². The minimum Gasteiger partial charge on any atom is -0.391 e. The number of nitrogens with zero attached hydrogens (tertiary/aromatic N) is 3. The van der Waals surface area contributed by atoms with Gasteiger partial charge in [0.25, 0.3) is 0 Å². The highest BCUT2D eigenvalue weighted by atomic mass is 32.2. The highest BCUT2D eigenvalue weighted by Crippen LogP contribution is 2.36. The Morgan fingerprint density at radius 1 is 1.02 bits per heavy atom. The van der Waals surface area contributed by atoms with Crippen molar-refractivity contribution in [1.82, 2.24) is 25.2 Å². The Balaban J connectivity index is 1.05. The number of nitrogens with one attached hydrogen (secondary N) is 3. The fourth-order valence-electron chi connectivity index (χ4n) is 7.63. The fraction of sp³-hybridized carbons (Fsp3) is 0.311. The number of sulfonamides is 1. The molecule has 6 aromatic rings. The third kappa shape index (κ3) is 9.49. The highest BCUT2D eigenvalue weighted by molar-refractivity contribution is 7.92. The molecule has 3 aromatic carbocycles. The van der Waals surface area contributed by atoms with E-state index in [9.17, 15) is 27.9 Å². The molecule has 0 spiro atoms. The number of aliphatic hydroxyl groups excluding tert-OH is 1. The van der Waals surface area contributed by atoms with Gasteiger partial charge in [0, 0.05) is 54.2 Å². The van der Waals surface area contributed by atoms with Crippen molar-refractivity contribution >= 4 is 68.4 Å². The molecule has 4 N–H and O–H groups in total. The quantitative estimate of drug-likeness (QED) is 0.0686. The number of halogens is 2. The summed E-state index contributed by atoms with van der Waals surface area (Å²) in [6, 6.07) is 17.8. The van der Waals surface area contributed by atoms with Gasteiger partial charge in [0.2, 0.25) is 27.6 Å². The van der Waals surface area contributed by atoms with Crippen molar-refractivity contribution in [3.8, 4) is 21.6 Å². The van der Waals surface area contributed by atoms with Crippen molar-refractivity contribution in [3.63, 3.8) is 0 Å². The Morgan fingerprint density at radius 3 is 2.39 bits per heavy atom. The molecule has 0 bridgehead atoms. The van der Waals surface area contributed by atoms with Crippen LogP contribution in [0.2, 0.25) is 5.82 Å². The van der Waals surface area contributed by atoms with Crippen molar-refractivity contribution in [2.45, 2.75) is 72.0 Å². The zero-order valence-electron chi connectivity index (χ0n) is 34.8. The Hall–Kier alpha value is -5.78. The molecular formula is C45H46BF2N6O6S2. The normalized spacial score (nSPS) is 16.0. The second-order valence-corrected chi connectivity index (χ2v) is 19.3. The third-order valence-corrected chi connectivity index (χ3v) is 13.4. The van der Waals surface area contributed by atoms with Crippen LogP contribution in [0.4, 0.5) is 14.5 Å². The van der Waals surface area contributed by atoms with Crippen LogP contribution in [0, 0.1) is 24.0 Å². The lowest BCUT2D eigenvalue weighted by molar-refractivity contribution is -0.139. The van der Waals surface area contributed by atoms with Crippen molar-refractivity contribution in [1.29, 1.82) is 0 Å². The first-order chi connectivity index (χ1) is 29.4. The summed E-state index contributed by atoms with van der Waals surface area (Å²) in [4.78, 5) is 55.7. The summed E-state index contributed by atoms with van der Waals surface area (Å²) in [6.45, 7) is 9.71. The number of ketones is 1. The van der Waals surface area contributed by atoms with Gasteiger partial charge in [0.05, 0.1) is 39.2 Å². The van der Waals surface area contributed by atoms with E-state index in [1.165, 1.54) is 11.1 Å². The summed E-state index contributed by atoms with van der Waals surface area (Å²) in [5, 5.41) is 13.9. The maximum absolute atomic E-state index is 15.6. The molecule has 1 aliphatic heterocycles. The lowest BCUT2D eigenvalue weighted by atomic mass is 9.50. The number of β-amino-alcohol motifs (C(OH)–C–C–N with tert-alkyl or cyclic N) is 1. The number of hydrogen-bond acceptors (Lipinski definition) is 9. The number of carbonyl (C=O) groups is 3. The predicted octanol–water partition coefficient (Wildman–Crippen LogP) is 6.77. The van der Waals surface area contributed by atoms with E-state index < -0.39 is 62.1 Å². The lowest BCUT2D eigenvalue weighted by Gasteiger charge is -2.35. The number of aromatic amines is 1. The zero-order valence-corrected chi connectivity index (χ0v) is 36.5. The Labute approximate surface area is 363 Å². The summed E-state index contributed by atoms with van der Waals surface area (Å²) in [7, 11) is -2.07. The molecule has 1 radical (unpaired) electrons. The number of aliphatic hydroxyl groups is 1. The van der Waals surface area contributed by atoms with Gasteiger partial charge in [-0.25, -0.2) is 27.2 Å². The van der Waals surface area contributed by atoms with Gasteiger partial charge in [0.1, 0.15) is 17.5 Å². The molecule has 0 aliphatic carbocycles. The summed E-state index contributed by atoms with van der Waals surface area (Å²) in [6.07, 6.45) is 2.42. The van der Waals surface area contributed by atoms with E-state index in [2.05, 4.69) is 25.0 Å². The number of H-pyrrole nitrogens is 1. The van der Waals surface area contributed by atoms with E-state index in [0.717, 1.165) is 39.3 Å². The van der Waals surface area contributed by atoms with Gasteiger partial charge in [-0.15, -0.1) is 11.3 Å². The minimum atomic E-state index is -3.92. The molecule has 3 aromatic heterocycles. The molecule has 62 heavy (non-hydrogen) atoms. The van der Waals surface area contributed by atoms with Gasteiger partial charge >= 0.3 is 0 Å². The molecule has 17 heteroatoms. The van der Waals surface area contributed by atoms with Gasteiger partial charge in [-0.3, -0.25) is 19.1 Å². The summed E-state index contributed by atoms with van der Waals surface area (Å²) >= 11 is 1.57. The second kappa shape index (κ2) is 17.9. The minimum absolute atomic E-state index is 0.0285. The Bertz CT molecular complexity index is 2750. The van der Waals surface area contributed by atoms with E-state index in [-0.39, 0.29) is 49.1 Å².